The number of rotatable bonds is 3. The molecule has 1 aromatic carbocycles. The zero-order chi connectivity index (χ0) is 11.5. The molecule has 1 amide bonds. The summed E-state index contributed by atoms with van der Waals surface area (Å²) in [7, 11) is 1.60. The van der Waals surface area contributed by atoms with Gasteiger partial charge in [0.2, 0.25) is 0 Å². The highest BCUT2D eigenvalue weighted by atomic mass is 32.1. The van der Waals surface area contributed by atoms with Crippen molar-refractivity contribution in [3.8, 4) is 16.3 Å². The highest BCUT2D eigenvalue weighted by Gasteiger charge is 2.11. The molecule has 0 aliphatic rings. The highest BCUT2D eigenvalue weighted by molar-refractivity contribution is 7.13. The third-order valence-electron chi connectivity index (χ3n) is 2.09. The van der Waals surface area contributed by atoms with E-state index >= 15 is 0 Å². The average Bonchev–Trinajstić information content (AvgIpc) is 2.78. The summed E-state index contributed by atoms with van der Waals surface area (Å²) in [5.74, 6) is 0.213. The minimum absolute atomic E-state index is 0.283. The van der Waals surface area contributed by atoms with Crippen LogP contribution in [0.25, 0.3) is 10.6 Å². The summed E-state index contributed by atoms with van der Waals surface area (Å²) in [6.07, 6.45) is 0. The van der Waals surface area contributed by atoms with Gasteiger partial charge in [-0.1, -0.05) is 12.1 Å². The third kappa shape index (κ3) is 1.90. The predicted octanol–water partition coefficient (Wildman–Crippen LogP) is 1.92. The molecule has 0 bridgehead atoms. The molecule has 16 heavy (non-hydrogen) atoms. The van der Waals surface area contributed by atoms with Crippen LogP contribution in [0.15, 0.2) is 29.6 Å². The number of nitrogens with two attached hydrogens (primary N) is 1. The standard InChI is InChI=1S/C11H10N2O2S/c1-15-9-5-3-2-4-7(9)11-13-8(6-16-11)10(12)14/h2-6H,1H3,(H2,12,14). The van der Waals surface area contributed by atoms with Crippen LogP contribution in [0.1, 0.15) is 10.5 Å². The van der Waals surface area contributed by atoms with E-state index in [9.17, 15) is 4.79 Å². The van der Waals surface area contributed by atoms with Gasteiger partial charge in [0, 0.05) is 5.38 Å². The van der Waals surface area contributed by atoms with E-state index in [2.05, 4.69) is 4.98 Å². The smallest absolute Gasteiger partial charge is 0.268 e. The van der Waals surface area contributed by atoms with Crippen LogP contribution in [-0.4, -0.2) is 18.0 Å². The number of aromatic nitrogens is 1. The van der Waals surface area contributed by atoms with E-state index in [0.717, 1.165) is 16.3 Å². The minimum Gasteiger partial charge on any atom is -0.496 e. The van der Waals surface area contributed by atoms with Crippen molar-refractivity contribution in [2.45, 2.75) is 0 Å². The molecule has 0 aliphatic carbocycles. The molecule has 2 N–H and O–H groups in total. The Bertz CT molecular complexity index is 522. The van der Waals surface area contributed by atoms with Gasteiger partial charge in [0.15, 0.2) is 0 Å². The molecule has 2 aromatic rings. The van der Waals surface area contributed by atoms with Gasteiger partial charge in [-0.15, -0.1) is 11.3 Å². The van der Waals surface area contributed by atoms with E-state index in [1.54, 1.807) is 12.5 Å². The molecule has 0 spiro atoms. The van der Waals surface area contributed by atoms with Gasteiger partial charge in [0.05, 0.1) is 12.7 Å². The number of nitrogens with zero attached hydrogens (tertiary/aromatic N) is 1. The molecule has 0 aliphatic heterocycles. The minimum atomic E-state index is -0.516. The van der Waals surface area contributed by atoms with E-state index in [-0.39, 0.29) is 5.69 Å². The Morgan fingerprint density at radius 3 is 2.81 bits per heavy atom. The number of carbonyl (C=O) groups excluding carboxylic acids is 1. The van der Waals surface area contributed by atoms with E-state index < -0.39 is 5.91 Å². The number of thiazole rings is 1. The number of amides is 1. The number of para-hydroxylation sites is 1. The van der Waals surface area contributed by atoms with Gasteiger partial charge >= 0.3 is 0 Å². The Morgan fingerprint density at radius 2 is 2.19 bits per heavy atom. The zero-order valence-corrected chi connectivity index (χ0v) is 9.45. The van der Waals surface area contributed by atoms with E-state index in [1.165, 1.54) is 11.3 Å². The maximum atomic E-state index is 10.9. The van der Waals surface area contributed by atoms with Crippen LogP contribution in [0.5, 0.6) is 5.75 Å². The van der Waals surface area contributed by atoms with Crippen molar-refractivity contribution >= 4 is 17.2 Å². The maximum Gasteiger partial charge on any atom is 0.268 e. The summed E-state index contributed by atoms with van der Waals surface area (Å²) in [4.78, 5) is 15.1. The van der Waals surface area contributed by atoms with Crippen LogP contribution in [0.4, 0.5) is 0 Å². The fourth-order valence-electron chi connectivity index (χ4n) is 1.33. The Kier molecular flexibility index (Phi) is 2.87. The first-order valence-corrected chi connectivity index (χ1v) is 5.49. The quantitative estimate of drug-likeness (QED) is 0.882. The monoisotopic (exact) mass is 234 g/mol. The van der Waals surface area contributed by atoms with Crippen LogP contribution in [0.3, 0.4) is 0 Å². The molecular weight excluding hydrogens is 224 g/mol. The zero-order valence-electron chi connectivity index (χ0n) is 8.64. The summed E-state index contributed by atoms with van der Waals surface area (Å²) < 4.78 is 5.22. The van der Waals surface area contributed by atoms with Crippen LogP contribution in [-0.2, 0) is 0 Å². The molecule has 0 radical (unpaired) electrons. The van der Waals surface area contributed by atoms with Gasteiger partial charge in [-0.3, -0.25) is 4.79 Å². The second-order valence-corrected chi connectivity index (χ2v) is 3.96. The average molecular weight is 234 g/mol. The molecule has 0 saturated heterocycles. The van der Waals surface area contributed by atoms with Gasteiger partial charge < -0.3 is 10.5 Å². The van der Waals surface area contributed by atoms with Gasteiger partial charge in [-0.25, -0.2) is 4.98 Å². The largest absolute Gasteiger partial charge is 0.496 e. The molecule has 1 aromatic heterocycles. The van der Waals surface area contributed by atoms with E-state index in [4.69, 9.17) is 10.5 Å². The molecule has 2 rings (SSSR count). The Balaban J connectivity index is 2.46. The number of primary amides is 1. The third-order valence-corrected chi connectivity index (χ3v) is 2.97. The molecular formula is C11H10N2O2S. The molecule has 0 unspecified atom stereocenters. The van der Waals surface area contributed by atoms with Crippen LogP contribution in [0, 0.1) is 0 Å². The second kappa shape index (κ2) is 4.32. The van der Waals surface area contributed by atoms with E-state index in [0.29, 0.717) is 0 Å². The molecule has 4 nitrogen and oxygen atoms in total. The topological polar surface area (TPSA) is 65.2 Å². The van der Waals surface area contributed by atoms with Crippen molar-refractivity contribution in [1.82, 2.24) is 4.98 Å². The van der Waals surface area contributed by atoms with Crippen LogP contribution >= 0.6 is 11.3 Å². The lowest BCUT2D eigenvalue weighted by molar-refractivity contribution is 0.0996. The van der Waals surface area contributed by atoms with Gasteiger partial charge in [0.1, 0.15) is 16.5 Å². The SMILES string of the molecule is COc1ccccc1-c1nc(C(N)=O)cs1. The Morgan fingerprint density at radius 1 is 1.44 bits per heavy atom. The van der Waals surface area contributed by atoms with Gasteiger partial charge in [-0.05, 0) is 12.1 Å². The summed E-state index contributed by atoms with van der Waals surface area (Å²) in [5.41, 5.74) is 6.30. The highest BCUT2D eigenvalue weighted by Crippen LogP contribution is 2.31. The summed E-state index contributed by atoms with van der Waals surface area (Å²) in [6, 6.07) is 7.51. The summed E-state index contributed by atoms with van der Waals surface area (Å²) >= 11 is 1.37. The number of methoxy groups -OCH3 is 1. The summed E-state index contributed by atoms with van der Waals surface area (Å²) in [6.45, 7) is 0. The first kappa shape index (κ1) is 10.6. The first-order chi connectivity index (χ1) is 7.72. The summed E-state index contributed by atoms with van der Waals surface area (Å²) in [5, 5.41) is 2.37. The Labute approximate surface area is 96.7 Å². The number of hydrogen-bond acceptors (Lipinski definition) is 4. The second-order valence-electron chi connectivity index (χ2n) is 3.10. The molecule has 1 heterocycles. The normalized spacial score (nSPS) is 10.1. The molecule has 82 valence electrons. The lowest BCUT2D eigenvalue weighted by Gasteiger charge is -2.04. The van der Waals surface area contributed by atoms with Crippen molar-refractivity contribution in [2.75, 3.05) is 7.11 Å². The number of benzene rings is 1. The van der Waals surface area contributed by atoms with Crippen LogP contribution in [0.2, 0.25) is 0 Å². The molecule has 5 heteroatoms. The predicted molar refractivity (Wildman–Crippen MR) is 62.6 cm³/mol. The van der Waals surface area contributed by atoms with Crippen molar-refractivity contribution in [3.05, 3.63) is 35.3 Å². The number of hydrogen-bond donors (Lipinski definition) is 1. The van der Waals surface area contributed by atoms with Crippen molar-refractivity contribution in [2.24, 2.45) is 5.73 Å². The van der Waals surface area contributed by atoms with Crippen LogP contribution < -0.4 is 10.5 Å². The first-order valence-electron chi connectivity index (χ1n) is 4.61. The van der Waals surface area contributed by atoms with Gasteiger partial charge in [-0.2, -0.15) is 0 Å². The van der Waals surface area contributed by atoms with Crippen molar-refractivity contribution < 1.29 is 9.53 Å². The molecule has 0 fully saturated rings. The lowest BCUT2D eigenvalue weighted by atomic mass is 10.2. The fraction of sp³-hybridized carbons (Fsp3) is 0.0909. The molecule has 0 saturated carbocycles. The van der Waals surface area contributed by atoms with E-state index in [1.807, 2.05) is 24.3 Å². The molecule has 0 atom stereocenters. The van der Waals surface area contributed by atoms with Crippen molar-refractivity contribution in [3.63, 3.8) is 0 Å². The maximum absolute atomic E-state index is 10.9. The number of carbonyl (C=O) groups is 1. The lowest BCUT2D eigenvalue weighted by Crippen LogP contribution is -2.10. The Hall–Kier alpha value is -1.88. The number of ether oxygens (including phenoxy) is 1. The van der Waals surface area contributed by atoms with Gasteiger partial charge in [0.25, 0.3) is 5.91 Å². The fourth-order valence-corrected chi connectivity index (χ4v) is 2.17. The van der Waals surface area contributed by atoms with Crippen molar-refractivity contribution in [1.29, 1.82) is 0 Å².